The number of ketones is 7. The van der Waals surface area contributed by atoms with Crippen molar-refractivity contribution in [3.05, 3.63) is 35.4 Å². The molecule has 0 aromatic heterocycles. The molecule has 0 aliphatic carbocycles. The molecule has 2 aliphatic rings. The normalized spacial score (nSPS) is 15.8. The molecule has 63 heavy (non-hydrogen) atoms. The largest absolute Gasteiger partial charge is 0.364 e. The van der Waals surface area contributed by atoms with Gasteiger partial charge in [-0.25, -0.2) is 0 Å². The average Bonchev–Trinajstić information content (AvgIpc) is 3.99. The Morgan fingerprint density at radius 1 is 0.794 bits per heavy atom. The highest BCUT2D eigenvalue weighted by atomic mass is 33.2. The Labute approximate surface area is 375 Å². The molecule has 22 heteroatoms. The Morgan fingerprint density at radius 2 is 1.41 bits per heavy atom. The zero-order valence-electron chi connectivity index (χ0n) is 35.5. The van der Waals surface area contributed by atoms with Gasteiger partial charge in [0.25, 0.3) is 0 Å². The molecule has 19 nitrogen and oxygen atoms in total. The van der Waals surface area contributed by atoms with Gasteiger partial charge in [-0.05, 0) is 45.2 Å². The molecule has 0 bridgehead atoms. The summed E-state index contributed by atoms with van der Waals surface area (Å²) in [6, 6.07) is 5.20. The minimum Gasteiger partial charge on any atom is -0.364 e. The van der Waals surface area contributed by atoms with Gasteiger partial charge in [0.05, 0.1) is 5.25 Å². The summed E-state index contributed by atoms with van der Waals surface area (Å²) in [4.78, 5) is 165. The van der Waals surface area contributed by atoms with Crippen LogP contribution < -0.4 is 21.3 Å². The van der Waals surface area contributed by atoms with Gasteiger partial charge < -0.3 is 26.0 Å². The van der Waals surface area contributed by atoms with Gasteiger partial charge in [-0.15, -0.1) is 11.8 Å². The van der Waals surface area contributed by atoms with Crippen LogP contribution in [0.3, 0.4) is 0 Å². The van der Waals surface area contributed by atoms with Crippen LogP contribution in [0.2, 0.25) is 0 Å². The first-order valence-corrected chi connectivity index (χ1v) is 23.0. The number of Topliss-reactive ketones (excluding diaryl/α,β-unsaturated/α-hetero) is 7. The number of nitrogens with zero attached hydrogens (tertiary/aromatic N) is 1. The Morgan fingerprint density at radius 3 is 1.98 bits per heavy atom. The fourth-order valence-corrected chi connectivity index (χ4v) is 9.89. The first kappa shape index (κ1) is 52.3. The number of aryl methyl sites for hydroxylation is 1. The van der Waals surface area contributed by atoms with Crippen LogP contribution in [0.15, 0.2) is 24.3 Å². The number of hydrogen-bond acceptors (Lipinski definition) is 17. The molecule has 1 aromatic carbocycles. The van der Waals surface area contributed by atoms with Gasteiger partial charge in [-0.1, -0.05) is 45.9 Å². The molecule has 1 unspecified atom stereocenters. The third-order valence-corrected chi connectivity index (χ3v) is 14.4. The lowest BCUT2D eigenvalue weighted by atomic mass is 9.71. The standard InChI is InChI=1S/C41H51N5O14S3/c1-23(47)40(24(2)48,25(3)49)38(58)30(45-35(55)14-17-61-31-19-37(57)46(39(31)59)16-13-32(52)41(26(4)50)62-63-41)20-44-36(56)22-60-21-29(51)18-28-8-6-27(7-9-28)10-11-34(54)43-15-12-33(53)42-5/h6-9,30-31H,10-22H2,1-5H3,(H,42,53)(H,43,54)(H,44,56)(H,45,55)/t30-,31?/m1/s1. The second-order valence-electron chi connectivity index (χ2n) is 14.7. The van der Waals surface area contributed by atoms with Crippen molar-refractivity contribution in [2.24, 2.45) is 5.41 Å². The van der Waals surface area contributed by atoms with Crippen molar-refractivity contribution < 1.29 is 67.1 Å². The number of amides is 6. The molecule has 1 aromatic rings. The van der Waals surface area contributed by atoms with Crippen molar-refractivity contribution in [1.29, 1.82) is 0 Å². The smallest absolute Gasteiger partial charge is 0.246 e. The number of thioether (sulfide) groups is 1. The monoisotopic (exact) mass is 933 g/mol. The highest BCUT2D eigenvalue weighted by Crippen LogP contribution is 2.66. The van der Waals surface area contributed by atoms with E-state index in [-0.39, 0.29) is 80.7 Å². The van der Waals surface area contributed by atoms with E-state index in [1.54, 1.807) is 24.3 Å². The highest BCUT2D eigenvalue weighted by molar-refractivity contribution is 8.94. The number of carbonyl (C=O) groups excluding carboxylic acids is 13. The maximum atomic E-state index is 13.8. The van der Waals surface area contributed by atoms with E-state index in [0.29, 0.717) is 12.0 Å². The second-order valence-corrected chi connectivity index (χ2v) is 18.8. The van der Waals surface area contributed by atoms with E-state index in [1.807, 2.05) is 0 Å². The summed E-state index contributed by atoms with van der Waals surface area (Å²) in [5.74, 6) is -8.83. The lowest BCUT2D eigenvalue weighted by molar-refractivity contribution is -0.155. The predicted molar refractivity (Wildman–Crippen MR) is 231 cm³/mol. The molecule has 342 valence electrons. The number of nitrogens with one attached hydrogen (secondary N) is 4. The Bertz CT molecular complexity index is 1980. The summed E-state index contributed by atoms with van der Waals surface area (Å²) >= 11 is 0.973. The van der Waals surface area contributed by atoms with Crippen LogP contribution in [-0.4, -0.2) is 142 Å². The SMILES string of the molecule is CNC(=O)CCNC(=O)CCc1ccc(CC(=O)COCC(=O)NC[C@@H](NC(=O)CCSC2CC(=O)N(CCC(=O)C3(C(C)=O)SS3)C2=O)C(=O)C(C(C)=O)(C(C)=O)C(C)=O)cc1. The maximum Gasteiger partial charge on any atom is 0.246 e. The third kappa shape index (κ3) is 14.5. The van der Waals surface area contributed by atoms with Gasteiger partial charge in [0.15, 0.2) is 44.6 Å². The zero-order valence-corrected chi connectivity index (χ0v) is 38.0. The van der Waals surface area contributed by atoms with Crippen molar-refractivity contribution in [2.75, 3.05) is 45.6 Å². The van der Waals surface area contributed by atoms with Crippen LogP contribution in [0, 0.1) is 5.41 Å². The van der Waals surface area contributed by atoms with E-state index < -0.39 is 93.1 Å². The van der Waals surface area contributed by atoms with Crippen LogP contribution in [0.5, 0.6) is 0 Å². The fraction of sp³-hybridized carbons (Fsp3) is 0.537. The third-order valence-electron chi connectivity index (χ3n) is 10.1. The number of likely N-dealkylation sites (tertiary alicyclic amines) is 1. The van der Waals surface area contributed by atoms with Gasteiger partial charge in [0.1, 0.15) is 19.3 Å². The van der Waals surface area contributed by atoms with Gasteiger partial charge in [-0.2, -0.15) is 0 Å². The van der Waals surface area contributed by atoms with Gasteiger partial charge in [0.2, 0.25) is 40.9 Å². The second kappa shape index (κ2) is 24.1. The lowest BCUT2D eigenvalue weighted by Gasteiger charge is -2.29. The van der Waals surface area contributed by atoms with Gasteiger partial charge >= 0.3 is 0 Å². The van der Waals surface area contributed by atoms with Crippen LogP contribution >= 0.6 is 33.3 Å². The zero-order chi connectivity index (χ0) is 47.1. The van der Waals surface area contributed by atoms with Crippen LogP contribution in [0.25, 0.3) is 0 Å². The Hall–Kier alpha value is -5.06. The molecule has 0 saturated carbocycles. The Kier molecular flexibility index (Phi) is 20.0. The summed E-state index contributed by atoms with van der Waals surface area (Å²) < 4.78 is 4.06. The summed E-state index contributed by atoms with van der Waals surface area (Å²) in [6.45, 7) is 2.14. The van der Waals surface area contributed by atoms with E-state index in [2.05, 4.69) is 21.3 Å². The summed E-state index contributed by atoms with van der Waals surface area (Å²) in [7, 11) is 3.75. The van der Waals surface area contributed by atoms with Gasteiger partial charge in [0, 0.05) is 71.0 Å². The van der Waals surface area contributed by atoms with Crippen LogP contribution in [0.1, 0.15) is 70.9 Å². The van der Waals surface area contributed by atoms with E-state index >= 15 is 0 Å². The Balaban J connectivity index is 1.51. The van der Waals surface area contributed by atoms with Crippen molar-refractivity contribution in [2.45, 2.75) is 88.0 Å². The molecule has 3 rings (SSSR count). The topological polar surface area (TPSA) is 282 Å². The first-order chi connectivity index (χ1) is 29.7. The van der Waals surface area contributed by atoms with Crippen LogP contribution in [0.4, 0.5) is 0 Å². The van der Waals surface area contributed by atoms with E-state index in [1.165, 1.54) is 14.0 Å². The number of benzene rings is 1. The quantitative estimate of drug-likeness (QED) is 0.0351. The molecule has 6 amide bonds. The van der Waals surface area contributed by atoms with E-state index in [0.717, 1.165) is 64.6 Å². The number of imide groups is 1. The molecule has 0 radical (unpaired) electrons. The number of rotatable bonds is 29. The summed E-state index contributed by atoms with van der Waals surface area (Å²) in [5.41, 5.74) is -1.27. The first-order valence-electron chi connectivity index (χ1n) is 19.8. The molecule has 2 heterocycles. The van der Waals surface area contributed by atoms with Crippen molar-refractivity contribution in [3.63, 3.8) is 0 Å². The van der Waals surface area contributed by atoms with Crippen molar-refractivity contribution in [3.8, 4) is 0 Å². The molecule has 2 saturated heterocycles. The molecular formula is C41H51N5O14S3. The molecule has 0 spiro atoms. The van der Waals surface area contributed by atoms with Gasteiger partial charge in [-0.3, -0.25) is 67.2 Å². The molecule has 4 N–H and O–H groups in total. The molecule has 2 fully saturated rings. The number of carbonyl (C=O) groups is 13. The summed E-state index contributed by atoms with van der Waals surface area (Å²) in [6.07, 6.45) is 0.0634. The average molecular weight is 934 g/mol. The summed E-state index contributed by atoms with van der Waals surface area (Å²) in [5, 5.41) is 8.98. The highest BCUT2D eigenvalue weighted by Gasteiger charge is 2.57. The molecule has 2 aliphatic heterocycles. The minimum absolute atomic E-state index is 0.0299. The van der Waals surface area contributed by atoms with E-state index in [9.17, 15) is 62.3 Å². The van der Waals surface area contributed by atoms with Crippen molar-refractivity contribution in [1.82, 2.24) is 26.2 Å². The number of hydrogen-bond donors (Lipinski definition) is 4. The molecule has 2 atom stereocenters. The van der Waals surface area contributed by atoms with Crippen LogP contribution in [-0.2, 0) is 79.9 Å². The molecular weight excluding hydrogens is 883 g/mol. The van der Waals surface area contributed by atoms with E-state index in [4.69, 9.17) is 4.74 Å². The lowest BCUT2D eigenvalue weighted by Crippen LogP contribution is -2.60. The minimum atomic E-state index is -2.77. The maximum absolute atomic E-state index is 13.8. The number of ether oxygens (including phenoxy) is 1. The predicted octanol–water partition coefficient (Wildman–Crippen LogP) is -0.186. The fourth-order valence-electron chi connectivity index (χ4n) is 6.55. The van der Waals surface area contributed by atoms with Crippen molar-refractivity contribution >= 4 is 109 Å².